The van der Waals surface area contributed by atoms with Gasteiger partial charge in [0.25, 0.3) is 0 Å². The van der Waals surface area contributed by atoms with E-state index in [0.717, 1.165) is 39.1 Å². The van der Waals surface area contributed by atoms with Crippen molar-refractivity contribution in [3.8, 4) is 0 Å². The normalized spacial score (nSPS) is 18.1. The monoisotopic (exact) mass is 290 g/mol. The van der Waals surface area contributed by atoms with Crippen LogP contribution in [-0.4, -0.2) is 36.7 Å². The minimum Gasteiger partial charge on any atom is -0.373 e. The molecule has 21 heavy (non-hydrogen) atoms. The number of nitrogens with zero attached hydrogens (tertiary/aromatic N) is 1. The van der Waals surface area contributed by atoms with Crippen molar-refractivity contribution in [2.45, 2.75) is 58.4 Å². The molecule has 0 radical (unpaired) electrons. The first-order chi connectivity index (χ1) is 9.94. The quantitative estimate of drug-likeness (QED) is 0.901. The predicted octanol–water partition coefficient (Wildman–Crippen LogP) is 3.19. The molecule has 0 spiro atoms. The first kappa shape index (κ1) is 16.5. The lowest BCUT2D eigenvalue weighted by Gasteiger charge is -2.29. The van der Waals surface area contributed by atoms with E-state index in [-0.39, 0.29) is 5.54 Å². The van der Waals surface area contributed by atoms with Crippen LogP contribution in [0.2, 0.25) is 0 Å². The Kier molecular flexibility index (Phi) is 5.80. The Balaban J connectivity index is 1.87. The summed E-state index contributed by atoms with van der Waals surface area (Å²) in [5.74, 6) is 0. The standard InChI is InChI=1S/C18H30N2O/c1-18(2,3)19-13-15-7-5-6-8-16(15)14-21-17-9-11-20(4)12-10-17/h5-8,17,19H,9-14H2,1-4H3. The molecule has 1 aliphatic rings. The van der Waals surface area contributed by atoms with Gasteiger partial charge in [-0.2, -0.15) is 0 Å². The van der Waals surface area contributed by atoms with Crippen LogP contribution in [0, 0.1) is 0 Å². The molecule has 0 aliphatic carbocycles. The zero-order chi connectivity index (χ0) is 15.3. The average Bonchev–Trinajstić information content (AvgIpc) is 2.44. The van der Waals surface area contributed by atoms with E-state index in [0.29, 0.717) is 6.10 Å². The zero-order valence-electron chi connectivity index (χ0n) is 14.0. The summed E-state index contributed by atoms with van der Waals surface area (Å²) in [5.41, 5.74) is 2.80. The molecule has 1 aliphatic heterocycles. The highest BCUT2D eigenvalue weighted by Crippen LogP contribution is 2.17. The second kappa shape index (κ2) is 7.39. The molecule has 1 aromatic rings. The van der Waals surface area contributed by atoms with Crippen LogP contribution in [0.5, 0.6) is 0 Å². The molecule has 3 nitrogen and oxygen atoms in total. The van der Waals surface area contributed by atoms with E-state index in [1.165, 1.54) is 11.1 Å². The smallest absolute Gasteiger partial charge is 0.0723 e. The number of rotatable bonds is 5. The van der Waals surface area contributed by atoms with Crippen molar-refractivity contribution in [2.24, 2.45) is 0 Å². The fourth-order valence-electron chi connectivity index (χ4n) is 2.59. The summed E-state index contributed by atoms with van der Waals surface area (Å²) < 4.78 is 6.14. The third-order valence-electron chi connectivity index (χ3n) is 4.07. The summed E-state index contributed by atoms with van der Waals surface area (Å²) in [5, 5.41) is 3.56. The van der Waals surface area contributed by atoms with Crippen molar-refractivity contribution in [3.63, 3.8) is 0 Å². The van der Waals surface area contributed by atoms with E-state index < -0.39 is 0 Å². The van der Waals surface area contributed by atoms with Crippen molar-refractivity contribution >= 4 is 0 Å². The van der Waals surface area contributed by atoms with Crippen LogP contribution in [0.1, 0.15) is 44.7 Å². The van der Waals surface area contributed by atoms with E-state index in [4.69, 9.17) is 4.74 Å². The summed E-state index contributed by atoms with van der Waals surface area (Å²) in [6.07, 6.45) is 2.72. The van der Waals surface area contributed by atoms with Crippen molar-refractivity contribution < 1.29 is 4.74 Å². The maximum absolute atomic E-state index is 6.14. The molecule has 1 heterocycles. The number of nitrogens with one attached hydrogen (secondary N) is 1. The zero-order valence-corrected chi connectivity index (χ0v) is 14.0. The van der Waals surface area contributed by atoms with Gasteiger partial charge in [0.2, 0.25) is 0 Å². The van der Waals surface area contributed by atoms with Crippen LogP contribution in [0.15, 0.2) is 24.3 Å². The van der Waals surface area contributed by atoms with E-state index in [2.05, 4.69) is 62.3 Å². The molecule has 0 aromatic heterocycles. The first-order valence-electron chi connectivity index (χ1n) is 8.06. The first-order valence-corrected chi connectivity index (χ1v) is 8.06. The summed E-state index contributed by atoms with van der Waals surface area (Å²) in [7, 11) is 2.18. The second-order valence-corrected chi connectivity index (χ2v) is 7.19. The largest absolute Gasteiger partial charge is 0.373 e. The number of hydrogen-bond acceptors (Lipinski definition) is 3. The molecular weight excluding hydrogens is 260 g/mol. The van der Waals surface area contributed by atoms with Gasteiger partial charge in [-0.25, -0.2) is 0 Å². The Morgan fingerprint density at radius 3 is 2.38 bits per heavy atom. The van der Waals surface area contributed by atoms with E-state index in [9.17, 15) is 0 Å². The summed E-state index contributed by atoms with van der Waals surface area (Å²) in [6, 6.07) is 8.60. The Labute approximate surface area is 129 Å². The Morgan fingerprint density at radius 2 is 1.76 bits per heavy atom. The number of piperidine rings is 1. The third-order valence-corrected chi connectivity index (χ3v) is 4.07. The molecule has 1 fully saturated rings. The van der Waals surface area contributed by atoms with Gasteiger partial charge in [0, 0.05) is 25.2 Å². The third kappa shape index (κ3) is 5.77. The molecule has 0 atom stereocenters. The van der Waals surface area contributed by atoms with Gasteiger partial charge in [0.15, 0.2) is 0 Å². The highest BCUT2D eigenvalue weighted by molar-refractivity contribution is 5.26. The summed E-state index contributed by atoms with van der Waals surface area (Å²) in [6.45, 7) is 10.5. The van der Waals surface area contributed by atoms with Crippen molar-refractivity contribution in [1.82, 2.24) is 10.2 Å². The number of hydrogen-bond donors (Lipinski definition) is 1. The minimum atomic E-state index is 0.141. The van der Waals surface area contributed by atoms with Crippen LogP contribution in [0.25, 0.3) is 0 Å². The highest BCUT2D eigenvalue weighted by atomic mass is 16.5. The molecule has 0 amide bonds. The lowest BCUT2D eigenvalue weighted by atomic mass is 10.0. The molecule has 1 saturated heterocycles. The van der Waals surface area contributed by atoms with Gasteiger partial charge in [-0.15, -0.1) is 0 Å². The van der Waals surface area contributed by atoms with E-state index in [1.807, 2.05) is 0 Å². The van der Waals surface area contributed by atoms with Crippen LogP contribution >= 0.6 is 0 Å². The van der Waals surface area contributed by atoms with Crippen LogP contribution in [0.4, 0.5) is 0 Å². The topological polar surface area (TPSA) is 24.5 Å². The van der Waals surface area contributed by atoms with Gasteiger partial charge >= 0.3 is 0 Å². The van der Waals surface area contributed by atoms with Gasteiger partial charge in [0.05, 0.1) is 12.7 Å². The van der Waals surface area contributed by atoms with Gasteiger partial charge in [0.1, 0.15) is 0 Å². The molecule has 1 aromatic carbocycles. The average molecular weight is 290 g/mol. The van der Waals surface area contributed by atoms with Crippen LogP contribution in [-0.2, 0) is 17.9 Å². The van der Waals surface area contributed by atoms with Crippen LogP contribution < -0.4 is 5.32 Å². The lowest BCUT2D eigenvalue weighted by molar-refractivity contribution is 0.00181. The Morgan fingerprint density at radius 1 is 1.14 bits per heavy atom. The maximum Gasteiger partial charge on any atom is 0.0723 e. The van der Waals surface area contributed by atoms with Crippen molar-refractivity contribution in [1.29, 1.82) is 0 Å². The number of benzene rings is 1. The molecule has 1 N–H and O–H groups in total. The van der Waals surface area contributed by atoms with Gasteiger partial charge in [-0.1, -0.05) is 24.3 Å². The fraction of sp³-hybridized carbons (Fsp3) is 0.667. The van der Waals surface area contributed by atoms with Crippen LogP contribution in [0.3, 0.4) is 0 Å². The summed E-state index contributed by atoms with van der Waals surface area (Å²) >= 11 is 0. The van der Waals surface area contributed by atoms with Crippen molar-refractivity contribution in [2.75, 3.05) is 20.1 Å². The predicted molar refractivity (Wildman–Crippen MR) is 88.3 cm³/mol. The van der Waals surface area contributed by atoms with Gasteiger partial charge in [-0.05, 0) is 51.8 Å². The van der Waals surface area contributed by atoms with E-state index in [1.54, 1.807) is 0 Å². The molecule has 2 rings (SSSR count). The maximum atomic E-state index is 6.14. The molecule has 118 valence electrons. The molecule has 0 bridgehead atoms. The highest BCUT2D eigenvalue weighted by Gasteiger charge is 2.17. The summed E-state index contributed by atoms with van der Waals surface area (Å²) in [4.78, 5) is 2.38. The molecule has 0 unspecified atom stereocenters. The Bertz CT molecular complexity index is 431. The molecule has 0 saturated carbocycles. The van der Waals surface area contributed by atoms with Crippen molar-refractivity contribution in [3.05, 3.63) is 35.4 Å². The Hall–Kier alpha value is -0.900. The number of ether oxygens (including phenoxy) is 1. The fourth-order valence-corrected chi connectivity index (χ4v) is 2.59. The minimum absolute atomic E-state index is 0.141. The van der Waals surface area contributed by atoms with Gasteiger partial charge in [-0.3, -0.25) is 0 Å². The second-order valence-electron chi connectivity index (χ2n) is 7.19. The molecule has 3 heteroatoms. The molecular formula is C18H30N2O. The van der Waals surface area contributed by atoms with E-state index >= 15 is 0 Å². The number of likely N-dealkylation sites (tertiary alicyclic amines) is 1. The van der Waals surface area contributed by atoms with Gasteiger partial charge < -0.3 is 15.0 Å². The lowest BCUT2D eigenvalue weighted by Crippen LogP contribution is -2.35. The SMILES string of the molecule is CN1CCC(OCc2ccccc2CNC(C)(C)C)CC1.